The molecule has 0 atom stereocenters. The predicted molar refractivity (Wildman–Crippen MR) is 71.0 cm³/mol. The van der Waals surface area contributed by atoms with Crippen LogP contribution in [0.2, 0.25) is 0 Å². The molecule has 4 heteroatoms. The molecular weight excluding hydrogens is 242 g/mol. The number of nitrogens with zero attached hydrogens (tertiary/aromatic N) is 1. The van der Waals surface area contributed by atoms with Gasteiger partial charge in [-0.2, -0.15) is 0 Å². The highest BCUT2D eigenvalue weighted by atomic mass is 16.5. The maximum atomic E-state index is 11.4. The third-order valence-electron chi connectivity index (χ3n) is 2.48. The van der Waals surface area contributed by atoms with E-state index in [1.165, 1.54) is 6.20 Å². The van der Waals surface area contributed by atoms with Crippen molar-refractivity contribution in [2.45, 2.75) is 13.5 Å². The van der Waals surface area contributed by atoms with Gasteiger partial charge in [0, 0.05) is 12.3 Å². The second-order valence-electron chi connectivity index (χ2n) is 3.88. The summed E-state index contributed by atoms with van der Waals surface area (Å²) >= 11 is 0. The monoisotopic (exact) mass is 257 g/mol. The van der Waals surface area contributed by atoms with Crippen LogP contribution in [0.4, 0.5) is 0 Å². The molecule has 0 bridgehead atoms. The van der Waals surface area contributed by atoms with E-state index >= 15 is 0 Å². The van der Waals surface area contributed by atoms with Crippen LogP contribution in [0.5, 0.6) is 5.88 Å². The van der Waals surface area contributed by atoms with Crippen molar-refractivity contribution >= 4 is 5.97 Å². The number of ether oxygens (including phenoxy) is 2. The highest BCUT2D eigenvalue weighted by molar-refractivity contribution is 5.89. The zero-order valence-corrected chi connectivity index (χ0v) is 10.7. The topological polar surface area (TPSA) is 48.4 Å². The van der Waals surface area contributed by atoms with E-state index < -0.39 is 0 Å². The Hall–Kier alpha value is -2.36. The van der Waals surface area contributed by atoms with Crippen molar-refractivity contribution in [1.82, 2.24) is 4.98 Å². The molecule has 0 N–H and O–H groups in total. The van der Waals surface area contributed by atoms with Crippen LogP contribution in [-0.4, -0.2) is 17.6 Å². The fraction of sp³-hybridized carbons (Fsp3) is 0.200. The Morgan fingerprint density at radius 1 is 1.16 bits per heavy atom. The molecule has 2 rings (SSSR count). The Kier molecular flexibility index (Phi) is 4.50. The molecule has 0 spiro atoms. The fourth-order valence-corrected chi connectivity index (χ4v) is 1.53. The smallest absolute Gasteiger partial charge is 0.339 e. The third kappa shape index (κ3) is 3.81. The Bertz CT molecular complexity index is 523. The molecule has 0 saturated heterocycles. The largest absolute Gasteiger partial charge is 0.473 e. The van der Waals surface area contributed by atoms with Gasteiger partial charge in [-0.25, -0.2) is 9.78 Å². The molecule has 0 radical (unpaired) electrons. The van der Waals surface area contributed by atoms with Gasteiger partial charge in [-0.05, 0) is 18.6 Å². The van der Waals surface area contributed by atoms with Gasteiger partial charge in [-0.1, -0.05) is 30.3 Å². The van der Waals surface area contributed by atoms with Crippen molar-refractivity contribution in [3.05, 3.63) is 59.8 Å². The van der Waals surface area contributed by atoms with E-state index in [9.17, 15) is 4.79 Å². The normalized spacial score (nSPS) is 9.95. The first-order valence-corrected chi connectivity index (χ1v) is 6.09. The molecule has 4 nitrogen and oxygen atoms in total. The molecule has 0 aliphatic carbocycles. The molecule has 2 aromatic rings. The summed E-state index contributed by atoms with van der Waals surface area (Å²) in [5, 5.41) is 0. The molecular formula is C15H15NO3. The van der Waals surface area contributed by atoms with Crippen molar-refractivity contribution in [2.75, 3.05) is 6.61 Å². The maximum absolute atomic E-state index is 11.4. The highest BCUT2D eigenvalue weighted by Gasteiger charge is 2.06. The molecule has 0 amide bonds. The van der Waals surface area contributed by atoms with Crippen LogP contribution in [0.3, 0.4) is 0 Å². The van der Waals surface area contributed by atoms with Crippen molar-refractivity contribution in [3.63, 3.8) is 0 Å². The van der Waals surface area contributed by atoms with Crippen LogP contribution in [0.25, 0.3) is 0 Å². The Labute approximate surface area is 112 Å². The van der Waals surface area contributed by atoms with Gasteiger partial charge in [0.15, 0.2) is 0 Å². The van der Waals surface area contributed by atoms with Crippen LogP contribution in [0.15, 0.2) is 48.7 Å². The van der Waals surface area contributed by atoms with Gasteiger partial charge in [0.05, 0.1) is 12.2 Å². The zero-order chi connectivity index (χ0) is 13.5. The van der Waals surface area contributed by atoms with Gasteiger partial charge in [0.2, 0.25) is 5.88 Å². The summed E-state index contributed by atoms with van der Waals surface area (Å²) in [5.74, 6) is 0.113. The van der Waals surface area contributed by atoms with Gasteiger partial charge < -0.3 is 9.47 Å². The van der Waals surface area contributed by atoms with Crippen LogP contribution < -0.4 is 4.74 Å². The first-order valence-electron chi connectivity index (χ1n) is 6.09. The number of hydrogen-bond acceptors (Lipinski definition) is 4. The van der Waals surface area contributed by atoms with E-state index in [0.29, 0.717) is 24.7 Å². The van der Waals surface area contributed by atoms with E-state index in [1.807, 2.05) is 30.3 Å². The molecule has 1 aromatic carbocycles. The minimum Gasteiger partial charge on any atom is -0.473 e. The third-order valence-corrected chi connectivity index (χ3v) is 2.48. The molecule has 0 fully saturated rings. The second-order valence-corrected chi connectivity index (χ2v) is 3.88. The highest BCUT2D eigenvalue weighted by Crippen LogP contribution is 2.11. The van der Waals surface area contributed by atoms with E-state index in [2.05, 4.69) is 4.98 Å². The fourth-order valence-electron chi connectivity index (χ4n) is 1.53. The van der Waals surface area contributed by atoms with Crippen molar-refractivity contribution in [2.24, 2.45) is 0 Å². The molecule has 0 unspecified atom stereocenters. The molecule has 19 heavy (non-hydrogen) atoms. The quantitative estimate of drug-likeness (QED) is 0.773. The summed E-state index contributed by atoms with van der Waals surface area (Å²) in [6.07, 6.45) is 1.46. The second kappa shape index (κ2) is 6.54. The van der Waals surface area contributed by atoms with Gasteiger partial charge in [-0.15, -0.1) is 0 Å². The number of rotatable bonds is 5. The zero-order valence-electron chi connectivity index (χ0n) is 10.7. The van der Waals surface area contributed by atoms with Crippen molar-refractivity contribution in [3.8, 4) is 5.88 Å². The van der Waals surface area contributed by atoms with E-state index in [-0.39, 0.29) is 5.97 Å². The Morgan fingerprint density at radius 2 is 1.95 bits per heavy atom. The number of pyridine rings is 1. The van der Waals surface area contributed by atoms with Crippen molar-refractivity contribution in [1.29, 1.82) is 0 Å². The van der Waals surface area contributed by atoms with Crippen LogP contribution in [-0.2, 0) is 11.3 Å². The lowest BCUT2D eigenvalue weighted by Gasteiger charge is -2.06. The summed E-state index contributed by atoms with van der Waals surface area (Å²) in [6, 6.07) is 13.1. The van der Waals surface area contributed by atoms with E-state index in [4.69, 9.17) is 9.47 Å². The summed E-state index contributed by atoms with van der Waals surface area (Å²) < 4.78 is 10.4. The summed E-state index contributed by atoms with van der Waals surface area (Å²) in [4.78, 5) is 15.5. The molecule has 1 heterocycles. The van der Waals surface area contributed by atoms with Gasteiger partial charge in [0.25, 0.3) is 0 Å². The average molecular weight is 257 g/mol. The van der Waals surface area contributed by atoms with E-state index in [1.54, 1.807) is 19.1 Å². The SMILES string of the molecule is CCOC(=O)c1ccc(OCc2ccccc2)nc1. The molecule has 0 aliphatic rings. The number of carbonyl (C=O) groups is 1. The van der Waals surface area contributed by atoms with Crippen LogP contribution in [0, 0.1) is 0 Å². The average Bonchev–Trinajstić information content (AvgIpc) is 2.47. The lowest BCUT2D eigenvalue weighted by Crippen LogP contribution is -2.05. The molecule has 98 valence electrons. The Morgan fingerprint density at radius 3 is 2.58 bits per heavy atom. The lowest BCUT2D eigenvalue weighted by molar-refractivity contribution is 0.0526. The van der Waals surface area contributed by atoms with Gasteiger partial charge >= 0.3 is 5.97 Å². The molecule has 0 aliphatic heterocycles. The summed E-state index contributed by atoms with van der Waals surface area (Å²) in [6.45, 7) is 2.57. The van der Waals surface area contributed by atoms with Crippen LogP contribution >= 0.6 is 0 Å². The maximum Gasteiger partial charge on any atom is 0.339 e. The summed E-state index contributed by atoms with van der Waals surface area (Å²) in [7, 11) is 0. The number of aromatic nitrogens is 1. The number of carbonyl (C=O) groups excluding carboxylic acids is 1. The predicted octanol–water partition coefficient (Wildman–Crippen LogP) is 2.84. The summed E-state index contributed by atoms with van der Waals surface area (Å²) in [5.41, 5.74) is 1.49. The van der Waals surface area contributed by atoms with Crippen LogP contribution in [0.1, 0.15) is 22.8 Å². The molecule has 0 saturated carbocycles. The standard InChI is InChI=1S/C15H15NO3/c1-2-18-15(17)13-8-9-14(16-10-13)19-11-12-6-4-3-5-7-12/h3-10H,2,11H2,1H3. The number of hydrogen-bond donors (Lipinski definition) is 0. The van der Waals surface area contributed by atoms with E-state index in [0.717, 1.165) is 5.56 Å². The Balaban J connectivity index is 1.94. The first kappa shape index (κ1) is 13.1. The number of esters is 1. The van der Waals surface area contributed by atoms with Gasteiger partial charge in [0.1, 0.15) is 6.61 Å². The lowest BCUT2D eigenvalue weighted by atomic mass is 10.2. The van der Waals surface area contributed by atoms with Crippen molar-refractivity contribution < 1.29 is 14.3 Å². The minimum absolute atomic E-state index is 0.352. The minimum atomic E-state index is -0.371. The van der Waals surface area contributed by atoms with Gasteiger partial charge in [-0.3, -0.25) is 0 Å². The first-order chi connectivity index (χ1) is 9.29. The number of benzene rings is 1. The molecule has 1 aromatic heterocycles.